The van der Waals surface area contributed by atoms with Gasteiger partial charge in [0.05, 0.1) is 0 Å². The van der Waals surface area contributed by atoms with E-state index in [2.05, 4.69) is 0 Å². The van der Waals surface area contributed by atoms with Crippen molar-refractivity contribution < 1.29 is 19.7 Å². The molecule has 0 amide bonds. The molecule has 0 heterocycles. The minimum Gasteiger partial charge on any atom is -0.358 e. The number of aliphatic hydroxyl groups is 2. The van der Waals surface area contributed by atoms with Crippen LogP contribution in [0.25, 0.3) is 6.08 Å². The molecule has 106 valence electrons. The topological polar surface area (TPSA) is 58.9 Å². The molecule has 20 heavy (non-hydrogen) atoms. The Bertz CT molecular complexity index is 537. The highest BCUT2D eigenvalue weighted by Gasteiger charge is 2.49. The molecule has 4 nitrogen and oxygen atoms in total. The highest BCUT2D eigenvalue weighted by molar-refractivity contribution is 5.55. The van der Waals surface area contributed by atoms with Gasteiger partial charge < -0.3 is 19.7 Å². The van der Waals surface area contributed by atoms with Crippen molar-refractivity contribution in [3.05, 3.63) is 65.8 Å². The third kappa shape index (κ3) is 2.73. The van der Waals surface area contributed by atoms with Crippen molar-refractivity contribution in [2.45, 2.75) is 11.6 Å². The standard InChI is InChI=1S/C16H18O4/c1-19-16(20-2)11-10-14(12-15(16,17)18)9-8-13-6-4-3-5-7-13/h3-12,17-18H,1-2H3/b9-8+. The van der Waals surface area contributed by atoms with Crippen LogP contribution in [-0.2, 0) is 9.47 Å². The van der Waals surface area contributed by atoms with Gasteiger partial charge in [0.15, 0.2) is 0 Å². The van der Waals surface area contributed by atoms with Gasteiger partial charge in [-0.2, -0.15) is 0 Å². The maximum absolute atomic E-state index is 10.1. The molecule has 0 fully saturated rings. The number of benzene rings is 1. The Hall–Kier alpha value is -1.72. The highest BCUT2D eigenvalue weighted by atomic mass is 16.7. The predicted molar refractivity (Wildman–Crippen MR) is 76.6 cm³/mol. The van der Waals surface area contributed by atoms with E-state index >= 15 is 0 Å². The van der Waals surface area contributed by atoms with E-state index < -0.39 is 11.6 Å². The lowest BCUT2D eigenvalue weighted by atomic mass is 9.95. The Morgan fingerprint density at radius 1 is 1.00 bits per heavy atom. The number of hydrogen-bond acceptors (Lipinski definition) is 4. The maximum Gasteiger partial charge on any atom is 0.247 e. The highest BCUT2D eigenvalue weighted by Crippen LogP contribution is 2.33. The molecule has 0 aromatic heterocycles. The average molecular weight is 274 g/mol. The first-order chi connectivity index (χ1) is 9.53. The Labute approximate surface area is 118 Å². The van der Waals surface area contributed by atoms with Crippen LogP contribution in [0.3, 0.4) is 0 Å². The second-order valence-electron chi connectivity index (χ2n) is 4.52. The van der Waals surface area contributed by atoms with E-state index in [4.69, 9.17) is 9.47 Å². The number of hydrogen-bond donors (Lipinski definition) is 2. The third-order valence-electron chi connectivity index (χ3n) is 3.25. The van der Waals surface area contributed by atoms with E-state index in [1.54, 1.807) is 12.2 Å². The Balaban J connectivity index is 2.23. The van der Waals surface area contributed by atoms with E-state index in [9.17, 15) is 10.2 Å². The summed E-state index contributed by atoms with van der Waals surface area (Å²) in [6.07, 6.45) is 8.18. The lowest BCUT2D eigenvalue weighted by molar-refractivity contribution is -0.328. The molecule has 0 unspecified atom stereocenters. The van der Waals surface area contributed by atoms with Crippen molar-refractivity contribution in [3.63, 3.8) is 0 Å². The molecule has 1 aliphatic rings. The van der Waals surface area contributed by atoms with Gasteiger partial charge in [-0.25, -0.2) is 0 Å². The van der Waals surface area contributed by atoms with Crippen LogP contribution in [0.2, 0.25) is 0 Å². The van der Waals surface area contributed by atoms with Crippen LogP contribution < -0.4 is 0 Å². The Morgan fingerprint density at radius 3 is 2.20 bits per heavy atom. The normalized spacial score (nSPS) is 20.1. The van der Waals surface area contributed by atoms with Crippen LogP contribution in [-0.4, -0.2) is 36.0 Å². The summed E-state index contributed by atoms with van der Waals surface area (Å²) in [5, 5.41) is 20.2. The van der Waals surface area contributed by atoms with Crippen molar-refractivity contribution in [2.24, 2.45) is 0 Å². The first-order valence-corrected chi connectivity index (χ1v) is 6.23. The fourth-order valence-electron chi connectivity index (χ4n) is 2.09. The molecule has 0 bridgehead atoms. The lowest BCUT2D eigenvalue weighted by Gasteiger charge is -2.39. The van der Waals surface area contributed by atoms with E-state index in [1.807, 2.05) is 36.4 Å². The maximum atomic E-state index is 10.1. The Kier molecular flexibility index (Phi) is 4.20. The van der Waals surface area contributed by atoms with E-state index in [0.717, 1.165) is 5.56 Å². The van der Waals surface area contributed by atoms with Crippen molar-refractivity contribution >= 4 is 6.08 Å². The number of rotatable bonds is 4. The van der Waals surface area contributed by atoms with Gasteiger partial charge in [0.1, 0.15) is 0 Å². The zero-order chi connectivity index (χ0) is 14.6. The van der Waals surface area contributed by atoms with Gasteiger partial charge in [-0.15, -0.1) is 0 Å². The number of ether oxygens (including phenoxy) is 2. The molecule has 0 radical (unpaired) electrons. The average Bonchev–Trinajstić information content (AvgIpc) is 2.46. The second kappa shape index (κ2) is 5.73. The molecular formula is C16H18O4. The predicted octanol–water partition coefficient (Wildman–Crippen LogP) is 1.87. The zero-order valence-electron chi connectivity index (χ0n) is 11.5. The number of allylic oxidation sites excluding steroid dienone is 3. The first-order valence-electron chi connectivity index (χ1n) is 6.23. The molecule has 1 aromatic rings. The largest absolute Gasteiger partial charge is 0.358 e. The van der Waals surface area contributed by atoms with Crippen LogP contribution in [0.15, 0.2) is 60.2 Å². The van der Waals surface area contributed by atoms with Crippen molar-refractivity contribution in [1.82, 2.24) is 0 Å². The summed E-state index contributed by atoms with van der Waals surface area (Å²) in [5.41, 5.74) is 1.68. The van der Waals surface area contributed by atoms with Gasteiger partial charge in [0.2, 0.25) is 11.6 Å². The van der Waals surface area contributed by atoms with Crippen LogP contribution in [0.4, 0.5) is 0 Å². The molecule has 4 heteroatoms. The SMILES string of the molecule is COC1(OC)C=CC(/C=C/c2ccccc2)=CC1(O)O. The van der Waals surface area contributed by atoms with Gasteiger partial charge in [-0.3, -0.25) is 0 Å². The van der Waals surface area contributed by atoms with Gasteiger partial charge in [0, 0.05) is 14.2 Å². The summed E-state index contributed by atoms with van der Waals surface area (Å²) >= 11 is 0. The summed E-state index contributed by atoms with van der Waals surface area (Å²) in [5.74, 6) is -3.82. The fourth-order valence-corrected chi connectivity index (χ4v) is 2.09. The second-order valence-corrected chi connectivity index (χ2v) is 4.52. The molecular weight excluding hydrogens is 256 g/mol. The quantitative estimate of drug-likeness (QED) is 0.823. The van der Waals surface area contributed by atoms with E-state index in [0.29, 0.717) is 5.57 Å². The van der Waals surface area contributed by atoms with Crippen molar-refractivity contribution in [2.75, 3.05) is 14.2 Å². The molecule has 1 aromatic carbocycles. The van der Waals surface area contributed by atoms with Crippen molar-refractivity contribution in [1.29, 1.82) is 0 Å². The van der Waals surface area contributed by atoms with Crippen LogP contribution >= 0.6 is 0 Å². The monoisotopic (exact) mass is 274 g/mol. The molecule has 0 saturated heterocycles. The van der Waals surface area contributed by atoms with Gasteiger partial charge in [-0.1, -0.05) is 48.6 Å². The molecule has 2 rings (SSSR count). The minimum absolute atomic E-state index is 0.656. The van der Waals surface area contributed by atoms with Gasteiger partial charge >= 0.3 is 0 Å². The number of methoxy groups -OCH3 is 2. The smallest absolute Gasteiger partial charge is 0.247 e. The zero-order valence-corrected chi connectivity index (χ0v) is 11.5. The molecule has 0 spiro atoms. The van der Waals surface area contributed by atoms with Crippen LogP contribution in [0, 0.1) is 0 Å². The molecule has 2 N–H and O–H groups in total. The van der Waals surface area contributed by atoms with Gasteiger partial charge in [-0.05, 0) is 23.3 Å². The minimum atomic E-state index is -2.23. The van der Waals surface area contributed by atoms with Crippen LogP contribution in [0.5, 0.6) is 0 Å². The summed E-state index contributed by atoms with van der Waals surface area (Å²) in [6.45, 7) is 0. The molecule has 0 saturated carbocycles. The summed E-state index contributed by atoms with van der Waals surface area (Å²) in [6, 6.07) is 9.74. The lowest BCUT2D eigenvalue weighted by Crippen LogP contribution is -2.55. The summed E-state index contributed by atoms with van der Waals surface area (Å²) in [7, 11) is 2.71. The van der Waals surface area contributed by atoms with Gasteiger partial charge in [0.25, 0.3) is 0 Å². The van der Waals surface area contributed by atoms with E-state index in [-0.39, 0.29) is 0 Å². The third-order valence-corrected chi connectivity index (χ3v) is 3.25. The first kappa shape index (κ1) is 14.7. The van der Waals surface area contributed by atoms with Crippen molar-refractivity contribution in [3.8, 4) is 0 Å². The van der Waals surface area contributed by atoms with E-state index in [1.165, 1.54) is 26.4 Å². The molecule has 0 atom stereocenters. The summed E-state index contributed by atoms with van der Waals surface area (Å²) in [4.78, 5) is 0. The Morgan fingerprint density at radius 2 is 1.65 bits per heavy atom. The molecule has 1 aliphatic carbocycles. The fraction of sp³-hybridized carbons (Fsp3) is 0.250. The van der Waals surface area contributed by atoms with Crippen LogP contribution in [0.1, 0.15) is 5.56 Å². The summed E-state index contributed by atoms with van der Waals surface area (Å²) < 4.78 is 10.2. The molecule has 0 aliphatic heterocycles.